The Labute approximate surface area is 155 Å². The van der Waals surface area contributed by atoms with Crippen molar-refractivity contribution in [1.82, 2.24) is 0 Å². The fourth-order valence-electron chi connectivity index (χ4n) is 3.28. The molecule has 0 amide bonds. The highest BCUT2D eigenvalue weighted by molar-refractivity contribution is 5.27. The Balaban J connectivity index is 2.28. The van der Waals surface area contributed by atoms with Gasteiger partial charge in [0, 0.05) is 6.61 Å². The topological polar surface area (TPSA) is 18.5 Å². The van der Waals surface area contributed by atoms with E-state index < -0.39 is 0 Å². The van der Waals surface area contributed by atoms with Crippen LogP contribution in [0.4, 0.5) is 0 Å². The molecule has 0 aliphatic carbocycles. The molecule has 1 aromatic carbocycles. The second kappa shape index (κ2) is 12.1. The minimum atomic E-state index is 0.0861. The summed E-state index contributed by atoms with van der Waals surface area (Å²) in [5.74, 6) is 0.968. The second-order valence-electron chi connectivity index (χ2n) is 6.86. The summed E-state index contributed by atoms with van der Waals surface area (Å²) in [7, 11) is 0. The molecule has 0 atom stereocenters. The number of rotatable bonds is 13. The maximum atomic E-state index is 6.03. The number of hydrogen-bond acceptors (Lipinski definition) is 2. The molecule has 1 aromatic rings. The zero-order valence-corrected chi connectivity index (χ0v) is 17.1. The molecule has 0 aromatic heterocycles. The molecule has 2 heteroatoms. The molecule has 0 heterocycles. The lowest BCUT2D eigenvalue weighted by molar-refractivity contribution is -0.0523. The zero-order valence-electron chi connectivity index (χ0n) is 17.1. The molecule has 0 bridgehead atoms. The third kappa shape index (κ3) is 8.09. The van der Waals surface area contributed by atoms with Crippen LogP contribution in [0, 0.1) is 0 Å². The highest BCUT2D eigenvalue weighted by Gasteiger charge is 2.25. The summed E-state index contributed by atoms with van der Waals surface area (Å²) in [6, 6.07) is 8.42. The molecule has 142 valence electrons. The van der Waals surface area contributed by atoms with Crippen molar-refractivity contribution in [2.24, 2.45) is 0 Å². The molecule has 0 N–H and O–H groups in total. The molecule has 0 saturated heterocycles. The summed E-state index contributed by atoms with van der Waals surface area (Å²) in [6.45, 7) is 12.5. The van der Waals surface area contributed by atoms with Gasteiger partial charge in [0.2, 0.25) is 0 Å². The van der Waals surface area contributed by atoms with E-state index in [1.165, 1.54) is 17.6 Å². The molecule has 0 aliphatic rings. The summed E-state index contributed by atoms with van der Waals surface area (Å²) >= 11 is 0. The minimum Gasteiger partial charge on any atom is -0.493 e. The van der Waals surface area contributed by atoms with Gasteiger partial charge in [-0.3, -0.25) is 0 Å². The van der Waals surface area contributed by atoms with E-state index >= 15 is 0 Å². The van der Waals surface area contributed by atoms with E-state index in [-0.39, 0.29) is 5.60 Å². The normalized spacial score (nSPS) is 12.4. The van der Waals surface area contributed by atoms with Gasteiger partial charge in [-0.2, -0.15) is 0 Å². The number of hydrogen-bond donors (Lipinski definition) is 0. The van der Waals surface area contributed by atoms with E-state index in [4.69, 9.17) is 9.47 Å². The van der Waals surface area contributed by atoms with Crippen molar-refractivity contribution < 1.29 is 9.47 Å². The molecule has 1 rings (SSSR count). The summed E-state index contributed by atoms with van der Waals surface area (Å²) < 4.78 is 11.9. The van der Waals surface area contributed by atoms with Gasteiger partial charge in [-0.15, -0.1) is 0 Å². The molecule has 2 nitrogen and oxygen atoms in total. The predicted octanol–water partition coefficient (Wildman–Crippen LogP) is 6.73. The number of allylic oxidation sites excluding steroid dienone is 1. The van der Waals surface area contributed by atoms with E-state index in [0.29, 0.717) is 0 Å². The van der Waals surface area contributed by atoms with Crippen LogP contribution in [-0.4, -0.2) is 18.8 Å². The Hall–Kier alpha value is -1.28. The Kier molecular flexibility index (Phi) is 10.6. The predicted molar refractivity (Wildman–Crippen MR) is 108 cm³/mol. The lowest BCUT2D eigenvalue weighted by Crippen LogP contribution is -2.31. The quantitative estimate of drug-likeness (QED) is 0.291. The fourth-order valence-corrected chi connectivity index (χ4v) is 3.28. The van der Waals surface area contributed by atoms with Crippen LogP contribution in [-0.2, 0) is 11.2 Å². The first-order valence-corrected chi connectivity index (χ1v) is 10.1. The third-order valence-corrected chi connectivity index (χ3v) is 5.15. The maximum Gasteiger partial charge on any atom is 0.119 e. The minimum absolute atomic E-state index is 0.0861. The van der Waals surface area contributed by atoms with Crippen molar-refractivity contribution in [2.45, 2.75) is 85.2 Å². The van der Waals surface area contributed by atoms with Gasteiger partial charge in [-0.05, 0) is 76.5 Å². The van der Waals surface area contributed by atoms with Gasteiger partial charge in [-0.25, -0.2) is 0 Å². The van der Waals surface area contributed by atoms with Gasteiger partial charge in [-0.1, -0.05) is 44.6 Å². The van der Waals surface area contributed by atoms with Gasteiger partial charge in [0.15, 0.2) is 0 Å². The summed E-state index contributed by atoms with van der Waals surface area (Å²) in [5, 5.41) is 0. The van der Waals surface area contributed by atoms with Crippen LogP contribution in [0.25, 0.3) is 0 Å². The molecular formula is C23H38O2. The van der Waals surface area contributed by atoms with Crippen LogP contribution in [0.3, 0.4) is 0 Å². The van der Waals surface area contributed by atoms with Crippen LogP contribution >= 0.6 is 0 Å². The maximum absolute atomic E-state index is 6.03. The average Bonchev–Trinajstić information content (AvgIpc) is 2.65. The van der Waals surface area contributed by atoms with Crippen molar-refractivity contribution in [3.63, 3.8) is 0 Å². The van der Waals surface area contributed by atoms with Gasteiger partial charge >= 0.3 is 0 Å². The van der Waals surface area contributed by atoms with Crippen molar-refractivity contribution in [2.75, 3.05) is 13.2 Å². The van der Waals surface area contributed by atoms with Crippen molar-refractivity contribution in [3.8, 4) is 5.75 Å². The summed E-state index contributed by atoms with van der Waals surface area (Å²) in [5.41, 5.74) is 2.90. The van der Waals surface area contributed by atoms with Crippen molar-refractivity contribution >= 4 is 0 Å². The molecule has 0 aliphatic heterocycles. The van der Waals surface area contributed by atoms with Crippen LogP contribution in [0.15, 0.2) is 35.9 Å². The van der Waals surface area contributed by atoms with Crippen LogP contribution in [0.5, 0.6) is 5.75 Å². The Morgan fingerprint density at radius 2 is 1.72 bits per heavy atom. The fraction of sp³-hybridized carbons (Fsp3) is 0.652. The van der Waals surface area contributed by atoms with Gasteiger partial charge in [0.25, 0.3) is 0 Å². The van der Waals surface area contributed by atoms with Gasteiger partial charge in [0.05, 0.1) is 12.2 Å². The van der Waals surface area contributed by atoms with Crippen LogP contribution in [0.1, 0.15) is 78.7 Å². The molecule has 0 saturated carbocycles. The first-order valence-electron chi connectivity index (χ1n) is 10.1. The van der Waals surface area contributed by atoms with Gasteiger partial charge < -0.3 is 9.47 Å². The van der Waals surface area contributed by atoms with E-state index in [9.17, 15) is 0 Å². The molecule has 0 unspecified atom stereocenters. The van der Waals surface area contributed by atoms with Crippen molar-refractivity contribution in [1.29, 1.82) is 0 Å². The van der Waals surface area contributed by atoms with E-state index in [1.54, 1.807) is 0 Å². The van der Waals surface area contributed by atoms with Crippen LogP contribution < -0.4 is 4.74 Å². The molecule has 0 radical (unpaired) electrons. The summed E-state index contributed by atoms with van der Waals surface area (Å²) in [4.78, 5) is 0. The highest BCUT2D eigenvalue weighted by Crippen LogP contribution is 2.28. The Morgan fingerprint density at radius 3 is 2.28 bits per heavy atom. The lowest BCUT2D eigenvalue weighted by atomic mass is 9.90. The smallest absolute Gasteiger partial charge is 0.119 e. The van der Waals surface area contributed by atoms with E-state index in [0.717, 1.165) is 57.5 Å². The number of aryl methyl sites for hydroxylation is 1. The van der Waals surface area contributed by atoms with E-state index in [2.05, 4.69) is 65.0 Å². The molecule has 0 fully saturated rings. The number of benzene rings is 1. The first-order chi connectivity index (χ1) is 12.1. The third-order valence-electron chi connectivity index (χ3n) is 5.15. The largest absolute Gasteiger partial charge is 0.493 e. The summed E-state index contributed by atoms with van der Waals surface area (Å²) in [6.07, 6.45) is 10.1. The molecule has 0 spiro atoms. The zero-order chi connectivity index (χ0) is 18.5. The molecular weight excluding hydrogens is 308 g/mol. The first kappa shape index (κ1) is 21.8. The van der Waals surface area contributed by atoms with Gasteiger partial charge in [0.1, 0.15) is 5.75 Å². The standard InChI is InChI=1S/C23H38O2/c1-6-21-14-16-22(17-15-21)24-19-11-13-20(5)12-10-18-23(7-2,8-3)25-9-4/h13-17H,6-12,18-19H2,1-5H3. The van der Waals surface area contributed by atoms with E-state index in [1.807, 2.05) is 0 Å². The SMILES string of the molecule is CCOC(CC)(CC)CCCC(C)=CCCOc1ccc(CC)cc1. The molecule has 25 heavy (non-hydrogen) atoms. The lowest BCUT2D eigenvalue weighted by Gasteiger charge is -2.31. The monoisotopic (exact) mass is 346 g/mol. The average molecular weight is 347 g/mol. The Morgan fingerprint density at radius 1 is 1.04 bits per heavy atom. The van der Waals surface area contributed by atoms with Crippen LogP contribution in [0.2, 0.25) is 0 Å². The Bertz CT molecular complexity index is 483. The highest BCUT2D eigenvalue weighted by atomic mass is 16.5. The second-order valence-corrected chi connectivity index (χ2v) is 6.86. The number of ether oxygens (including phenoxy) is 2. The van der Waals surface area contributed by atoms with Crippen molar-refractivity contribution in [3.05, 3.63) is 41.5 Å².